The Morgan fingerprint density at radius 2 is 0.972 bits per heavy atom. The summed E-state index contributed by atoms with van der Waals surface area (Å²) >= 11 is 3.94. The average molecular weight is 565 g/mol. The number of carbonyl (C=O) groups excluding carboxylic acids is 4. The van der Waals surface area contributed by atoms with E-state index in [0.717, 1.165) is 47.0 Å². The van der Waals surface area contributed by atoms with Gasteiger partial charge in [0.1, 0.15) is 12.1 Å². The number of carbonyl (C=O) groups is 4. The highest BCUT2D eigenvalue weighted by molar-refractivity contribution is 8.26. The second-order valence-corrected chi connectivity index (χ2v) is 11.2. The summed E-state index contributed by atoms with van der Waals surface area (Å²) in [6.07, 6.45) is 0. The van der Waals surface area contributed by atoms with Crippen LogP contribution in [0.25, 0.3) is 0 Å². The highest BCUT2D eigenvalue weighted by Crippen LogP contribution is 2.68. The fourth-order valence-electron chi connectivity index (χ4n) is 2.83. The molecule has 10 nitrogen and oxygen atoms in total. The highest BCUT2D eigenvalue weighted by Gasteiger charge is 2.40. The number of rotatable bonds is 6. The fourth-order valence-corrected chi connectivity index (χ4v) is 8.15. The summed E-state index contributed by atoms with van der Waals surface area (Å²) < 4.78 is 21.5. The van der Waals surface area contributed by atoms with E-state index in [1.54, 1.807) is 13.8 Å². The van der Waals surface area contributed by atoms with Gasteiger partial charge in [0.25, 0.3) is 0 Å². The molecule has 0 radical (unpaired) electrons. The van der Waals surface area contributed by atoms with E-state index in [1.165, 1.54) is 13.8 Å². The summed E-state index contributed by atoms with van der Waals surface area (Å²) in [5, 5.41) is 19.2. The van der Waals surface area contributed by atoms with Gasteiger partial charge in [0, 0.05) is 13.8 Å². The Morgan fingerprint density at radius 1 is 0.667 bits per heavy atom. The van der Waals surface area contributed by atoms with Crippen molar-refractivity contribution in [2.24, 2.45) is 0 Å². The van der Waals surface area contributed by atoms with Crippen LogP contribution >= 0.6 is 47.0 Å². The zero-order chi connectivity index (χ0) is 26.6. The van der Waals surface area contributed by atoms with Crippen LogP contribution < -0.4 is 9.47 Å². The van der Waals surface area contributed by atoms with Crippen molar-refractivity contribution in [1.82, 2.24) is 0 Å². The quantitative estimate of drug-likeness (QED) is 0.206. The van der Waals surface area contributed by atoms with Crippen molar-refractivity contribution in [1.29, 1.82) is 10.5 Å². The molecule has 0 spiro atoms. The Balaban J connectivity index is 2.26. The Kier molecular flexibility index (Phi) is 9.03. The number of esters is 4. The summed E-state index contributed by atoms with van der Waals surface area (Å²) in [7, 11) is 0. The zero-order valence-electron chi connectivity index (χ0n) is 19.2. The third-order valence-corrected chi connectivity index (χ3v) is 9.29. The molecule has 1 aromatic rings. The molecule has 0 bridgehead atoms. The van der Waals surface area contributed by atoms with Crippen LogP contribution in [0.2, 0.25) is 0 Å². The van der Waals surface area contributed by atoms with Gasteiger partial charge in [-0.05, 0) is 13.8 Å². The lowest BCUT2D eigenvalue weighted by molar-refractivity contribution is -0.138. The van der Waals surface area contributed by atoms with Crippen molar-refractivity contribution >= 4 is 70.9 Å². The number of fused-ring (bicyclic) bond motifs is 2. The number of hydrogen-bond donors (Lipinski definition) is 0. The van der Waals surface area contributed by atoms with Crippen LogP contribution in [0.3, 0.4) is 0 Å². The maximum Gasteiger partial charge on any atom is 0.350 e. The molecule has 0 saturated heterocycles. The van der Waals surface area contributed by atoms with E-state index in [4.69, 9.17) is 18.9 Å². The van der Waals surface area contributed by atoms with Crippen LogP contribution in [0.5, 0.6) is 11.5 Å². The standard InChI is InChI=1S/C22H16N2O8S4/c1-5-29-19(27)11(7-23)21-33-15-13(31-9(3)25)17-18(14(16(15)34-21)32-10(4)26)36-22(35-17)12(8-24)20(28)30-6-2/h5-6H2,1-4H3. The molecule has 0 saturated carbocycles. The van der Waals surface area contributed by atoms with Crippen LogP contribution in [-0.2, 0) is 28.7 Å². The molecule has 14 heteroatoms. The molecule has 0 amide bonds. The van der Waals surface area contributed by atoms with Gasteiger partial charge in [0.15, 0.2) is 22.6 Å². The number of nitrogens with zero attached hydrogens (tertiary/aromatic N) is 2. The van der Waals surface area contributed by atoms with Crippen molar-refractivity contribution in [2.75, 3.05) is 13.2 Å². The number of benzene rings is 1. The Morgan fingerprint density at radius 3 is 1.19 bits per heavy atom. The maximum atomic E-state index is 12.3. The van der Waals surface area contributed by atoms with Crippen LogP contribution in [0.1, 0.15) is 27.7 Å². The second-order valence-electron chi connectivity index (χ2n) is 6.56. The summed E-state index contributed by atoms with van der Waals surface area (Å²) in [6.45, 7) is 5.74. The molecule has 2 aliphatic heterocycles. The van der Waals surface area contributed by atoms with Gasteiger partial charge in [0.05, 0.1) is 41.3 Å². The van der Waals surface area contributed by atoms with Gasteiger partial charge in [-0.15, -0.1) is 0 Å². The van der Waals surface area contributed by atoms with Crippen molar-refractivity contribution in [3.05, 3.63) is 19.6 Å². The van der Waals surface area contributed by atoms with E-state index < -0.39 is 23.9 Å². The lowest BCUT2D eigenvalue weighted by Crippen LogP contribution is -2.07. The molecule has 3 rings (SSSR count). The lowest BCUT2D eigenvalue weighted by atomic mass is 10.3. The van der Waals surface area contributed by atoms with Crippen LogP contribution in [0.4, 0.5) is 0 Å². The first-order valence-corrected chi connectivity index (χ1v) is 13.4. The predicted molar refractivity (Wildman–Crippen MR) is 131 cm³/mol. The molecule has 186 valence electrons. The number of thioether (sulfide) groups is 4. The summed E-state index contributed by atoms with van der Waals surface area (Å²) in [5.41, 5.74) is -0.499. The third-order valence-electron chi connectivity index (χ3n) is 4.10. The van der Waals surface area contributed by atoms with Gasteiger partial charge < -0.3 is 18.9 Å². The first-order valence-electron chi connectivity index (χ1n) is 10.1. The van der Waals surface area contributed by atoms with Gasteiger partial charge in [-0.1, -0.05) is 47.0 Å². The number of nitriles is 2. The van der Waals surface area contributed by atoms with Crippen molar-refractivity contribution in [3.63, 3.8) is 0 Å². The molecule has 36 heavy (non-hydrogen) atoms. The summed E-state index contributed by atoms with van der Waals surface area (Å²) in [5.74, 6) is -2.76. The molecule has 1 aromatic carbocycles. The molecule has 0 unspecified atom stereocenters. The molecule has 2 heterocycles. The minimum atomic E-state index is -0.819. The Labute approximate surface area is 222 Å². The van der Waals surface area contributed by atoms with Gasteiger partial charge >= 0.3 is 23.9 Å². The molecule has 0 aliphatic carbocycles. The lowest BCUT2D eigenvalue weighted by Gasteiger charge is -2.15. The van der Waals surface area contributed by atoms with Gasteiger partial charge in [-0.2, -0.15) is 10.5 Å². The molecular formula is C22H16N2O8S4. The predicted octanol–water partition coefficient (Wildman–Crippen LogP) is 4.53. The highest BCUT2D eigenvalue weighted by atomic mass is 32.2. The molecule has 0 atom stereocenters. The Bertz CT molecular complexity index is 1190. The van der Waals surface area contributed by atoms with Gasteiger partial charge in [0.2, 0.25) is 0 Å². The zero-order valence-corrected chi connectivity index (χ0v) is 22.5. The molecule has 0 fully saturated rings. The van der Waals surface area contributed by atoms with Crippen molar-refractivity contribution < 1.29 is 38.1 Å². The summed E-state index contributed by atoms with van der Waals surface area (Å²) in [6, 6.07) is 3.68. The maximum absolute atomic E-state index is 12.3. The average Bonchev–Trinajstić information content (AvgIpc) is 3.42. The van der Waals surface area contributed by atoms with E-state index in [-0.39, 0.29) is 44.3 Å². The largest absolute Gasteiger partial charge is 0.462 e. The smallest absolute Gasteiger partial charge is 0.350 e. The van der Waals surface area contributed by atoms with Gasteiger partial charge in [-0.3, -0.25) is 9.59 Å². The number of ether oxygens (including phenoxy) is 4. The Hall–Kier alpha value is -3.04. The van der Waals surface area contributed by atoms with Crippen LogP contribution in [-0.4, -0.2) is 37.1 Å². The third kappa shape index (κ3) is 5.52. The molecular weight excluding hydrogens is 549 g/mol. The minimum absolute atomic E-state index is 0.0648. The number of hydrogen-bond acceptors (Lipinski definition) is 14. The van der Waals surface area contributed by atoms with E-state index in [0.29, 0.717) is 19.6 Å². The first-order chi connectivity index (χ1) is 17.2. The minimum Gasteiger partial charge on any atom is -0.462 e. The van der Waals surface area contributed by atoms with E-state index in [9.17, 15) is 29.7 Å². The van der Waals surface area contributed by atoms with Crippen LogP contribution in [0.15, 0.2) is 39.2 Å². The molecule has 2 aliphatic rings. The van der Waals surface area contributed by atoms with Crippen molar-refractivity contribution in [3.8, 4) is 23.6 Å². The van der Waals surface area contributed by atoms with Crippen LogP contribution in [0, 0.1) is 22.7 Å². The molecule has 0 aromatic heterocycles. The summed E-state index contributed by atoms with van der Waals surface area (Å²) in [4.78, 5) is 50.0. The second kappa shape index (κ2) is 11.8. The molecule has 0 N–H and O–H groups in total. The fraction of sp³-hybridized carbons (Fsp3) is 0.273. The van der Waals surface area contributed by atoms with Gasteiger partial charge in [-0.25, -0.2) is 9.59 Å². The monoisotopic (exact) mass is 564 g/mol. The van der Waals surface area contributed by atoms with Crippen molar-refractivity contribution in [2.45, 2.75) is 47.3 Å². The topological polar surface area (TPSA) is 153 Å². The van der Waals surface area contributed by atoms with E-state index in [1.807, 2.05) is 12.1 Å². The normalized spacial score (nSPS) is 13.1. The van der Waals surface area contributed by atoms with E-state index in [2.05, 4.69) is 0 Å². The van der Waals surface area contributed by atoms with E-state index >= 15 is 0 Å². The first kappa shape index (κ1) is 27.5. The SMILES string of the molecule is CCOC(=O)C(C#N)=C1Sc2c(OC(C)=O)c3c(c(OC(C)=O)c2S1)SC(=C(C#N)C(=O)OCC)S3.